The van der Waals surface area contributed by atoms with E-state index in [-0.39, 0.29) is 24.8 Å². The van der Waals surface area contributed by atoms with Crippen molar-refractivity contribution in [2.75, 3.05) is 6.61 Å². The largest absolute Gasteiger partial charge is 0.457 e. The maximum Gasteiger partial charge on any atom is 0.306 e. The molecule has 3 aromatic rings. The highest BCUT2D eigenvalue weighted by Crippen LogP contribution is 2.22. The minimum atomic E-state index is -0.353. The predicted octanol–water partition coefficient (Wildman–Crippen LogP) is 3.97. The Morgan fingerprint density at radius 2 is 2.12 bits per heavy atom. The molecule has 7 heteroatoms. The highest BCUT2D eigenvalue weighted by atomic mass is 32.1. The van der Waals surface area contributed by atoms with Gasteiger partial charge in [0.15, 0.2) is 11.7 Å². The number of aryl methyl sites for hydroxylation is 2. The molecule has 3 aromatic heterocycles. The van der Waals surface area contributed by atoms with Gasteiger partial charge in [0.05, 0.1) is 0 Å². The second-order valence-electron chi connectivity index (χ2n) is 5.65. The molecule has 0 atom stereocenters. The summed E-state index contributed by atoms with van der Waals surface area (Å²) in [7, 11) is 0. The molecule has 25 heavy (non-hydrogen) atoms. The number of Topliss-reactive ketones (excluding diaryl/α,β-unsaturated/α-hetero) is 1. The van der Waals surface area contributed by atoms with E-state index in [9.17, 15) is 9.59 Å². The van der Waals surface area contributed by atoms with Crippen LogP contribution in [-0.4, -0.2) is 27.9 Å². The lowest BCUT2D eigenvalue weighted by Crippen LogP contribution is -2.15. The van der Waals surface area contributed by atoms with Crippen molar-refractivity contribution in [2.24, 2.45) is 0 Å². The van der Waals surface area contributed by atoms with E-state index in [0.717, 1.165) is 22.1 Å². The summed E-state index contributed by atoms with van der Waals surface area (Å²) in [6, 6.07) is 3.80. The zero-order chi connectivity index (χ0) is 17.8. The van der Waals surface area contributed by atoms with Crippen LogP contribution in [0.2, 0.25) is 0 Å². The first-order valence-corrected chi connectivity index (χ1v) is 9.67. The number of carbonyl (C=O) groups excluding carboxylic acids is 2. The van der Waals surface area contributed by atoms with Crippen LogP contribution in [0.25, 0.3) is 5.13 Å². The van der Waals surface area contributed by atoms with E-state index in [2.05, 4.69) is 4.98 Å². The number of aromatic nitrogens is 2. The van der Waals surface area contributed by atoms with Gasteiger partial charge < -0.3 is 4.74 Å². The number of hydrogen-bond acceptors (Lipinski definition) is 6. The first kappa shape index (κ1) is 17.6. The van der Waals surface area contributed by atoms with Crippen LogP contribution in [0, 0.1) is 13.8 Å². The van der Waals surface area contributed by atoms with Crippen molar-refractivity contribution in [3.63, 3.8) is 0 Å². The van der Waals surface area contributed by atoms with E-state index in [0.29, 0.717) is 12.0 Å². The molecule has 0 radical (unpaired) electrons. The number of hydrogen-bond donors (Lipinski definition) is 0. The average molecular weight is 374 g/mol. The number of thiophene rings is 1. The van der Waals surface area contributed by atoms with Gasteiger partial charge in [-0.15, -0.1) is 11.3 Å². The summed E-state index contributed by atoms with van der Waals surface area (Å²) in [5, 5.41) is 6.70. The highest BCUT2D eigenvalue weighted by molar-refractivity contribution is 7.12. The third-order valence-electron chi connectivity index (χ3n) is 3.90. The number of ether oxygens (including phenoxy) is 1. The van der Waals surface area contributed by atoms with Crippen molar-refractivity contribution in [2.45, 2.75) is 26.7 Å². The molecular weight excluding hydrogens is 356 g/mol. The summed E-state index contributed by atoms with van der Waals surface area (Å²) in [4.78, 5) is 28.6. The van der Waals surface area contributed by atoms with E-state index < -0.39 is 0 Å². The van der Waals surface area contributed by atoms with Crippen LogP contribution < -0.4 is 0 Å². The minimum absolute atomic E-state index is 0.195. The lowest BCUT2D eigenvalue weighted by molar-refractivity contribution is -0.142. The van der Waals surface area contributed by atoms with Crippen molar-refractivity contribution in [1.29, 1.82) is 0 Å². The topological polar surface area (TPSA) is 61.2 Å². The predicted molar refractivity (Wildman–Crippen MR) is 98.8 cm³/mol. The molecule has 0 aliphatic carbocycles. The van der Waals surface area contributed by atoms with Gasteiger partial charge in [-0.3, -0.25) is 14.2 Å². The standard InChI is InChI=1S/C18H18N2O3S2/c1-12-9-15(13(2)20(12)18-19-6-8-25-18)16(21)10-23-17(22)4-3-14-5-7-24-11-14/h5-9,11H,3-4,10H2,1-2H3. The van der Waals surface area contributed by atoms with Crippen LogP contribution in [-0.2, 0) is 16.0 Å². The van der Waals surface area contributed by atoms with Gasteiger partial charge >= 0.3 is 5.97 Å². The number of esters is 1. The molecule has 0 saturated carbocycles. The SMILES string of the molecule is Cc1cc(C(=O)COC(=O)CCc2ccsc2)c(C)n1-c1nccs1. The maximum absolute atomic E-state index is 12.4. The Balaban J connectivity index is 1.60. The van der Waals surface area contributed by atoms with E-state index >= 15 is 0 Å². The molecule has 0 bridgehead atoms. The van der Waals surface area contributed by atoms with Crippen molar-refractivity contribution in [3.8, 4) is 5.13 Å². The second-order valence-corrected chi connectivity index (χ2v) is 7.30. The summed E-state index contributed by atoms with van der Waals surface area (Å²) in [5.74, 6) is -0.548. The highest BCUT2D eigenvalue weighted by Gasteiger charge is 2.19. The molecule has 0 aliphatic heterocycles. The van der Waals surface area contributed by atoms with Crippen molar-refractivity contribution in [3.05, 3.63) is 57.0 Å². The Labute approximate surface area is 153 Å². The summed E-state index contributed by atoms with van der Waals surface area (Å²) >= 11 is 3.11. The van der Waals surface area contributed by atoms with Crippen LogP contribution in [0.1, 0.15) is 33.7 Å². The number of ketones is 1. The fourth-order valence-corrected chi connectivity index (χ4v) is 4.10. The van der Waals surface area contributed by atoms with Crippen LogP contribution in [0.5, 0.6) is 0 Å². The van der Waals surface area contributed by atoms with Gasteiger partial charge in [0, 0.05) is 34.9 Å². The first-order chi connectivity index (χ1) is 12.1. The lowest BCUT2D eigenvalue weighted by Gasteiger charge is -2.06. The van der Waals surface area contributed by atoms with Gasteiger partial charge in [-0.05, 0) is 48.7 Å². The molecule has 0 N–H and O–H groups in total. The average Bonchev–Trinajstić information content (AvgIpc) is 3.32. The molecule has 0 unspecified atom stereocenters. The molecule has 3 rings (SSSR count). The third kappa shape index (κ3) is 4.05. The quantitative estimate of drug-likeness (QED) is 0.464. The Kier molecular flexibility index (Phi) is 5.45. The normalized spacial score (nSPS) is 10.8. The molecule has 0 amide bonds. The summed E-state index contributed by atoms with van der Waals surface area (Å²) in [5.41, 5.74) is 3.42. The van der Waals surface area contributed by atoms with Crippen molar-refractivity contribution >= 4 is 34.4 Å². The smallest absolute Gasteiger partial charge is 0.306 e. The van der Waals surface area contributed by atoms with Crippen LogP contribution >= 0.6 is 22.7 Å². The van der Waals surface area contributed by atoms with E-state index in [1.54, 1.807) is 17.5 Å². The van der Waals surface area contributed by atoms with Gasteiger partial charge in [-0.2, -0.15) is 11.3 Å². The van der Waals surface area contributed by atoms with Gasteiger partial charge in [0.2, 0.25) is 5.78 Å². The van der Waals surface area contributed by atoms with E-state index in [1.165, 1.54) is 11.3 Å². The molecule has 0 spiro atoms. The van der Waals surface area contributed by atoms with Gasteiger partial charge in [-0.25, -0.2) is 4.98 Å². The second kappa shape index (κ2) is 7.76. The minimum Gasteiger partial charge on any atom is -0.457 e. The molecule has 0 saturated heterocycles. The van der Waals surface area contributed by atoms with E-state index in [1.807, 2.05) is 46.7 Å². The number of rotatable bonds is 7. The Bertz CT molecular complexity index is 865. The lowest BCUT2D eigenvalue weighted by atomic mass is 10.1. The zero-order valence-electron chi connectivity index (χ0n) is 14.0. The molecule has 3 heterocycles. The first-order valence-electron chi connectivity index (χ1n) is 7.85. The van der Waals surface area contributed by atoms with Crippen LogP contribution in [0.3, 0.4) is 0 Å². The fraction of sp³-hybridized carbons (Fsp3) is 0.278. The van der Waals surface area contributed by atoms with Gasteiger partial charge in [-0.1, -0.05) is 0 Å². The Hall–Kier alpha value is -2.25. The molecular formula is C18H18N2O3S2. The monoisotopic (exact) mass is 374 g/mol. The fourth-order valence-electron chi connectivity index (χ4n) is 2.64. The number of nitrogens with zero attached hydrogens (tertiary/aromatic N) is 2. The van der Waals surface area contributed by atoms with Crippen LogP contribution in [0.4, 0.5) is 0 Å². The van der Waals surface area contributed by atoms with Gasteiger partial charge in [0.25, 0.3) is 0 Å². The van der Waals surface area contributed by atoms with E-state index in [4.69, 9.17) is 4.74 Å². The zero-order valence-corrected chi connectivity index (χ0v) is 15.7. The number of carbonyl (C=O) groups is 2. The molecule has 0 aromatic carbocycles. The molecule has 0 fully saturated rings. The maximum atomic E-state index is 12.4. The summed E-state index contributed by atoms with van der Waals surface area (Å²) in [6.07, 6.45) is 2.65. The molecule has 5 nitrogen and oxygen atoms in total. The van der Waals surface area contributed by atoms with Crippen molar-refractivity contribution < 1.29 is 14.3 Å². The van der Waals surface area contributed by atoms with Gasteiger partial charge in [0.1, 0.15) is 0 Å². The Morgan fingerprint density at radius 1 is 1.28 bits per heavy atom. The van der Waals surface area contributed by atoms with Crippen LogP contribution in [0.15, 0.2) is 34.5 Å². The third-order valence-corrected chi connectivity index (χ3v) is 5.39. The summed E-state index contributed by atoms with van der Waals surface area (Å²) < 4.78 is 7.08. The molecule has 0 aliphatic rings. The van der Waals surface area contributed by atoms with Crippen molar-refractivity contribution in [1.82, 2.24) is 9.55 Å². The molecule has 130 valence electrons. The number of thiazole rings is 1. The Morgan fingerprint density at radius 3 is 2.80 bits per heavy atom. The summed E-state index contributed by atoms with van der Waals surface area (Å²) in [6.45, 7) is 3.57.